The fraction of sp³-hybridized carbons (Fsp3) is 0.938. The largest absolute Gasteiger partial charge is 0.303 e. The highest BCUT2D eigenvalue weighted by molar-refractivity contribution is 5.16. The second kappa shape index (κ2) is 6.72. The summed E-state index contributed by atoms with van der Waals surface area (Å²) in [7, 11) is 2.19. The van der Waals surface area contributed by atoms with Crippen LogP contribution in [-0.2, 0) is 0 Å². The van der Waals surface area contributed by atoms with Crippen molar-refractivity contribution in [2.24, 2.45) is 11.8 Å². The van der Waals surface area contributed by atoms with E-state index in [-0.39, 0.29) is 5.54 Å². The summed E-state index contributed by atoms with van der Waals surface area (Å²) < 4.78 is 0. The highest BCUT2D eigenvalue weighted by atomic mass is 15.2. The average molecular weight is 263 g/mol. The van der Waals surface area contributed by atoms with Crippen LogP contribution in [0.25, 0.3) is 0 Å². The van der Waals surface area contributed by atoms with Gasteiger partial charge in [-0.3, -0.25) is 5.32 Å². The molecular weight excluding hydrogens is 234 g/mol. The maximum atomic E-state index is 9.63. The van der Waals surface area contributed by atoms with Crippen molar-refractivity contribution in [3.05, 3.63) is 0 Å². The Hall–Kier alpha value is -0.590. The van der Waals surface area contributed by atoms with E-state index >= 15 is 0 Å². The van der Waals surface area contributed by atoms with Crippen molar-refractivity contribution in [3.63, 3.8) is 0 Å². The molecule has 2 aliphatic carbocycles. The van der Waals surface area contributed by atoms with Crippen molar-refractivity contribution in [1.82, 2.24) is 10.2 Å². The predicted octanol–water partition coefficient (Wildman–Crippen LogP) is 2.78. The van der Waals surface area contributed by atoms with Crippen LogP contribution in [0.4, 0.5) is 0 Å². The van der Waals surface area contributed by atoms with Crippen molar-refractivity contribution in [2.75, 3.05) is 26.7 Å². The zero-order valence-electron chi connectivity index (χ0n) is 12.6. The van der Waals surface area contributed by atoms with E-state index in [2.05, 4.69) is 30.3 Å². The van der Waals surface area contributed by atoms with Crippen molar-refractivity contribution < 1.29 is 0 Å². The lowest BCUT2D eigenvalue weighted by Crippen LogP contribution is -2.54. The molecule has 1 N–H and O–H groups in total. The van der Waals surface area contributed by atoms with Crippen molar-refractivity contribution in [1.29, 1.82) is 5.26 Å². The van der Waals surface area contributed by atoms with Crippen molar-refractivity contribution >= 4 is 0 Å². The van der Waals surface area contributed by atoms with Crippen LogP contribution in [0.3, 0.4) is 0 Å². The van der Waals surface area contributed by atoms with Crippen LogP contribution in [0.1, 0.15) is 51.9 Å². The molecule has 2 saturated carbocycles. The minimum atomic E-state index is -0.293. The molecule has 3 heteroatoms. The molecule has 2 aliphatic rings. The molecule has 19 heavy (non-hydrogen) atoms. The molecule has 0 aromatic rings. The van der Waals surface area contributed by atoms with E-state index in [0.29, 0.717) is 5.92 Å². The third-order valence-corrected chi connectivity index (χ3v) is 4.78. The Bertz CT molecular complexity index is 312. The summed E-state index contributed by atoms with van der Waals surface area (Å²) in [6.07, 6.45) is 9.43. The molecule has 0 bridgehead atoms. The molecule has 0 aromatic heterocycles. The van der Waals surface area contributed by atoms with Gasteiger partial charge >= 0.3 is 0 Å². The number of nitrogens with zero attached hydrogens (tertiary/aromatic N) is 2. The molecular formula is C16H29N3. The van der Waals surface area contributed by atoms with E-state index in [4.69, 9.17) is 0 Å². The zero-order chi connectivity index (χ0) is 13.7. The normalized spacial score (nSPS) is 24.1. The van der Waals surface area contributed by atoms with Crippen LogP contribution in [0, 0.1) is 23.2 Å². The first-order valence-corrected chi connectivity index (χ1v) is 8.05. The quantitative estimate of drug-likeness (QED) is 0.767. The molecule has 2 rings (SSSR count). The van der Waals surface area contributed by atoms with E-state index in [9.17, 15) is 5.26 Å². The minimum absolute atomic E-state index is 0.293. The van der Waals surface area contributed by atoms with Gasteiger partial charge in [0.15, 0.2) is 0 Å². The summed E-state index contributed by atoms with van der Waals surface area (Å²) in [4.78, 5) is 2.40. The summed E-state index contributed by atoms with van der Waals surface area (Å²) in [6.45, 7) is 5.05. The third kappa shape index (κ3) is 3.94. The van der Waals surface area contributed by atoms with E-state index in [1.165, 1.54) is 51.5 Å². The Kier molecular flexibility index (Phi) is 5.24. The molecule has 1 atom stereocenters. The summed E-state index contributed by atoms with van der Waals surface area (Å²) >= 11 is 0. The average Bonchev–Trinajstić information content (AvgIpc) is 3.24. The minimum Gasteiger partial charge on any atom is -0.303 e. The number of nitrogens with one attached hydrogen (secondary N) is 1. The van der Waals surface area contributed by atoms with Crippen LogP contribution >= 0.6 is 0 Å². The van der Waals surface area contributed by atoms with Gasteiger partial charge in [-0.2, -0.15) is 5.26 Å². The first-order chi connectivity index (χ1) is 9.20. The topological polar surface area (TPSA) is 39.1 Å². The zero-order valence-corrected chi connectivity index (χ0v) is 12.6. The van der Waals surface area contributed by atoms with Crippen LogP contribution in [0.2, 0.25) is 0 Å². The van der Waals surface area contributed by atoms with Gasteiger partial charge in [-0.25, -0.2) is 0 Å². The highest BCUT2D eigenvalue weighted by Crippen LogP contribution is 2.40. The van der Waals surface area contributed by atoms with Gasteiger partial charge in [-0.15, -0.1) is 0 Å². The fourth-order valence-electron chi connectivity index (χ4n) is 3.69. The Labute approximate surface area is 118 Å². The van der Waals surface area contributed by atoms with E-state index in [1.54, 1.807) is 0 Å². The number of likely N-dealkylation sites (N-methyl/N-ethyl adjacent to an activating group) is 2. The van der Waals surface area contributed by atoms with Gasteiger partial charge < -0.3 is 4.90 Å². The van der Waals surface area contributed by atoms with Crippen molar-refractivity contribution in [3.8, 4) is 6.07 Å². The maximum absolute atomic E-state index is 9.63. The van der Waals surface area contributed by atoms with E-state index in [0.717, 1.165) is 19.0 Å². The van der Waals surface area contributed by atoms with Crippen LogP contribution in [-0.4, -0.2) is 37.1 Å². The molecule has 3 nitrogen and oxygen atoms in total. The van der Waals surface area contributed by atoms with Crippen LogP contribution in [0.5, 0.6) is 0 Å². The predicted molar refractivity (Wildman–Crippen MR) is 78.8 cm³/mol. The second-order valence-corrected chi connectivity index (χ2v) is 6.59. The monoisotopic (exact) mass is 263 g/mol. The van der Waals surface area contributed by atoms with Crippen molar-refractivity contribution in [2.45, 2.75) is 57.4 Å². The molecule has 108 valence electrons. The molecule has 0 spiro atoms. The Morgan fingerprint density at radius 2 is 1.89 bits per heavy atom. The molecule has 1 unspecified atom stereocenters. The van der Waals surface area contributed by atoms with Gasteiger partial charge in [-0.05, 0) is 51.1 Å². The lowest BCUT2D eigenvalue weighted by molar-refractivity contribution is 0.185. The molecule has 2 fully saturated rings. The summed E-state index contributed by atoms with van der Waals surface area (Å²) in [5, 5.41) is 13.1. The van der Waals surface area contributed by atoms with Crippen LogP contribution in [0.15, 0.2) is 0 Å². The molecule has 0 heterocycles. The number of nitriles is 1. The molecule has 0 amide bonds. The maximum Gasteiger partial charge on any atom is 0.122 e. The Balaban J connectivity index is 1.87. The fourth-order valence-corrected chi connectivity index (χ4v) is 3.69. The van der Waals surface area contributed by atoms with Crippen LogP contribution < -0.4 is 5.32 Å². The first kappa shape index (κ1) is 14.8. The number of rotatable bonds is 7. The second-order valence-electron chi connectivity index (χ2n) is 6.59. The summed E-state index contributed by atoms with van der Waals surface area (Å²) in [6, 6.07) is 2.59. The van der Waals surface area contributed by atoms with Gasteiger partial charge in [0.2, 0.25) is 0 Å². The summed E-state index contributed by atoms with van der Waals surface area (Å²) in [5.41, 5.74) is -0.293. The molecule has 0 saturated heterocycles. The lowest BCUT2D eigenvalue weighted by Gasteiger charge is -2.34. The van der Waals surface area contributed by atoms with Gasteiger partial charge in [0, 0.05) is 13.1 Å². The molecule has 0 aromatic carbocycles. The van der Waals surface area contributed by atoms with E-state index in [1.807, 2.05) is 0 Å². The third-order valence-electron chi connectivity index (χ3n) is 4.78. The Morgan fingerprint density at radius 1 is 1.21 bits per heavy atom. The molecule has 0 aliphatic heterocycles. The lowest BCUT2D eigenvalue weighted by atomic mass is 9.88. The van der Waals surface area contributed by atoms with Gasteiger partial charge in [0.1, 0.15) is 5.54 Å². The number of hydrogen-bond donors (Lipinski definition) is 1. The van der Waals surface area contributed by atoms with E-state index < -0.39 is 0 Å². The molecule has 0 radical (unpaired) electrons. The smallest absolute Gasteiger partial charge is 0.122 e. The van der Waals surface area contributed by atoms with Gasteiger partial charge in [-0.1, -0.05) is 26.2 Å². The standard InChI is InChI=1S/C16H29N3/c1-3-18-16(12-17,15-9-10-15)13-19(2)11-14-7-5-4-6-8-14/h14-15,18H,3-11,13H2,1-2H3. The first-order valence-electron chi connectivity index (χ1n) is 8.05. The SMILES string of the molecule is CCNC(C#N)(CN(C)CC1CCCCC1)C1CC1. The Morgan fingerprint density at radius 3 is 2.42 bits per heavy atom. The highest BCUT2D eigenvalue weighted by Gasteiger charge is 2.45. The number of hydrogen-bond acceptors (Lipinski definition) is 3. The summed E-state index contributed by atoms with van der Waals surface area (Å²) in [5.74, 6) is 1.43. The van der Waals surface area contributed by atoms with Gasteiger partial charge in [0.25, 0.3) is 0 Å². The van der Waals surface area contributed by atoms with Gasteiger partial charge in [0.05, 0.1) is 6.07 Å².